The summed E-state index contributed by atoms with van der Waals surface area (Å²) < 4.78 is 11.0. The number of morpholine rings is 1. The van der Waals surface area contributed by atoms with E-state index in [4.69, 9.17) is 9.47 Å². The summed E-state index contributed by atoms with van der Waals surface area (Å²) in [6.07, 6.45) is 4.82. The Kier molecular flexibility index (Phi) is 15.3. The monoisotopic (exact) mass is 677 g/mol. The minimum Gasteiger partial charge on any atom is -0.444 e. The van der Waals surface area contributed by atoms with E-state index in [9.17, 15) is 14.4 Å². The fraction of sp³-hybridized carbons (Fsp3) is 0.514. The number of nitrogens with one attached hydrogen (secondary N) is 2. The van der Waals surface area contributed by atoms with Crippen LogP contribution in [0.2, 0.25) is 0 Å². The Morgan fingerprint density at radius 1 is 0.938 bits per heavy atom. The van der Waals surface area contributed by atoms with Crippen LogP contribution >= 0.6 is 11.3 Å². The van der Waals surface area contributed by atoms with Gasteiger partial charge >= 0.3 is 12.1 Å². The first-order valence-corrected chi connectivity index (χ1v) is 17.9. The van der Waals surface area contributed by atoms with Crippen LogP contribution in [0, 0.1) is 5.92 Å². The molecule has 2 N–H and O–H groups in total. The summed E-state index contributed by atoms with van der Waals surface area (Å²) in [5, 5.41) is 6.15. The Morgan fingerprint density at radius 3 is 2.23 bits per heavy atom. The number of alkyl carbamates (subject to hydrolysis) is 1. The lowest BCUT2D eigenvalue weighted by molar-refractivity contribution is -0.122. The standard InChI is InChI=1S/C37H51N5O5S/c1-28(2)41(3)36(44)40-34(16-17-42-18-20-46-21-19-42)35(43)24-31(22-29-10-6-4-7-11-29)14-15-32(23-30-12-8-5-9-13-30)39-37(45)47-26-33-25-38-27-48-33/h4-13,25,27-28,31-32,34H,14-24,26H2,1-3H3,(H,39,45)(H,40,44)/t31-,32+,34-/m1/s1. The number of Topliss-reactive ketones (excluding diaryl/α,β-unsaturated/α-hetero) is 1. The number of aromatic nitrogens is 1. The number of carbonyl (C=O) groups excluding carboxylic acids is 3. The number of nitrogens with zero attached hydrogens (tertiary/aromatic N) is 3. The number of carbonyl (C=O) groups is 3. The van der Waals surface area contributed by atoms with Gasteiger partial charge in [0.1, 0.15) is 6.61 Å². The van der Waals surface area contributed by atoms with Crippen molar-refractivity contribution in [2.24, 2.45) is 5.92 Å². The number of hydrogen-bond donors (Lipinski definition) is 2. The predicted octanol–water partition coefficient (Wildman–Crippen LogP) is 5.72. The number of rotatable bonds is 18. The van der Waals surface area contributed by atoms with E-state index in [0.29, 0.717) is 51.9 Å². The van der Waals surface area contributed by atoms with E-state index in [1.165, 1.54) is 11.3 Å². The predicted molar refractivity (Wildman–Crippen MR) is 189 cm³/mol. The van der Waals surface area contributed by atoms with E-state index in [-0.39, 0.29) is 36.4 Å². The van der Waals surface area contributed by atoms with Crippen molar-refractivity contribution >= 4 is 29.2 Å². The Balaban J connectivity index is 1.46. The molecule has 0 unspecified atom stereocenters. The number of hydrogen-bond acceptors (Lipinski definition) is 8. The summed E-state index contributed by atoms with van der Waals surface area (Å²) in [7, 11) is 1.75. The molecule has 0 saturated carbocycles. The van der Waals surface area contributed by atoms with E-state index < -0.39 is 12.1 Å². The molecular formula is C37H51N5O5S. The number of ether oxygens (including phenoxy) is 2. The average Bonchev–Trinajstić information content (AvgIpc) is 3.63. The summed E-state index contributed by atoms with van der Waals surface area (Å²) in [5.74, 6) is 0.0463. The highest BCUT2D eigenvalue weighted by Gasteiger charge is 2.28. The van der Waals surface area contributed by atoms with Crippen molar-refractivity contribution in [2.75, 3.05) is 39.9 Å². The highest BCUT2D eigenvalue weighted by molar-refractivity contribution is 7.09. The van der Waals surface area contributed by atoms with Gasteiger partial charge in [-0.05, 0) is 63.0 Å². The van der Waals surface area contributed by atoms with Crippen LogP contribution in [0.3, 0.4) is 0 Å². The second-order valence-corrected chi connectivity index (χ2v) is 13.8. The molecule has 1 aliphatic heterocycles. The summed E-state index contributed by atoms with van der Waals surface area (Å²) in [6, 6.07) is 19.2. The minimum atomic E-state index is -0.597. The van der Waals surface area contributed by atoms with Gasteiger partial charge in [-0.25, -0.2) is 9.59 Å². The largest absolute Gasteiger partial charge is 0.444 e. The summed E-state index contributed by atoms with van der Waals surface area (Å²) in [4.78, 5) is 48.9. The number of ketones is 1. The van der Waals surface area contributed by atoms with Gasteiger partial charge in [-0.3, -0.25) is 14.7 Å². The summed E-state index contributed by atoms with van der Waals surface area (Å²) >= 11 is 1.44. The van der Waals surface area contributed by atoms with Crippen molar-refractivity contribution in [1.29, 1.82) is 0 Å². The van der Waals surface area contributed by atoms with Gasteiger partial charge in [0.2, 0.25) is 0 Å². The van der Waals surface area contributed by atoms with Crippen LogP contribution in [0.5, 0.6) is 0 Å². The van der Waals surface area contributed by atoms with Crippen LogP contribution < -0.4 is 10.6 Å². The van der Waals surface area contributed by atoms with E-state index >= 15 is 0 Å². The topological polar surface area (TPSA) is 113 Å². The van der Waals surface area contributed by atoms with Gasteiger partial charge in [0.25, 0.3) is 0 Å². The third-order valence-corrected chi connectivity index (χ3v) is 9.63. The lowest BCUT2D eigenvalue weighted by Gasteiger charge is -2.30. The zero-order valence-corrected chi connectivity index (χ0v) is 29.3. The second-order valence-electron chi connectivity index (χ2n) is 12.8. The fourth-order valence-corrected chi connectivity index (χ4v) is 6.31. The van der Waals surface area contributed by atoms with Crippen molar-refractivity contribution in [3.63, 3.8) is 0 Å². The average molecular weight is 678 g/mol. The van der Waals surface area contributed by atoms with Gasteiger partial charge in [-0.15, -0.1) is 11.3 Å². The van der Waals surface area contributed by atoms with Crippen LogP contribution in [-0.2, 0) is 33.7 Å². The molecule has 4 rings (SSSR count). The quantitative estimate of drug-likeness (QED) is 0.177. The Hall–Kier alpha value is -3.80. The lowest BCUT2D eigenvalue weighted by atomic mass is 9.86. The third-order valence-electron chi connectivity index (χ3n) is 8.88. The summed E-state index contributed by atoms with van der Waals surface area (Å²) in [5.41, 5.74) is 3.98. The summed E-state index contributed by atoms with van der Waals surface area (Å²) in [6.45, 7) is 7.78. The van der Waals surface area contributed by atoms with Gasteiger partial charge in [0, 0.05) is 51.4 Å². The molecule has 0 aliphatic carbocycles. The molecule has 1 saturated heterocycles. The molecule has 1 fully saturated rings. The molecule has 2 heterocycles. The van der Waals surface area contributed by atoms with E-state index in [1.807, 2.05) is 50.2 Å². The van der Waals surface area contributed by atoms with Crippen LogP contribution in [-0.4, -0.2) is 90.7 Å². The zero-order chi connectivity index (χ0) is 34.1. The maximum atomic E-state index is 14.1. The van der Waals surface area contributed by atoms with Crippen LogP contribution in [0.4, 0.5) is 9.59 Å². The first-order valence-electron chi connectivity index (χ1n) is 17.0. The SMILES string of the molecule is CC(C)N(C)C(=O)N[C@H](CCN1CCOCC1)C(=O)C[C@H](CC[C@@H](Cc1ccccc1)NC(=O)OCc1cncs1)Cc1ccccc1. The number of thiazole rings is 1. The first kappa shape index (κ1) is 37.0. The molecular weight excluding hydrogens is 627 g/mol. The van der Waals surface area contributed by atoms with Gasteiger partial charge in [-0.2, -0.15) is 0 Å². The van der Waals surface area contributed by atoms with Crippen LogP contribution in [0.1, 0.15) is 55.5 Å². The maximum absolute atomic E-state index is 14.1. The van der Waals surface area contributed by atoms with Crippen molar-refractivity contribution in [3.05, 3.63) is 88.4 Å². The highest BCUT2D eigenvalue weighted by Crippen LogP contribution is 2.22. The molecule has 2 aromatic carbocycles. The van der Waals surface area contributed by atoms with E-state index in [1.54, 1.807) is 23.7 Å². The third kappa shape index (κ3) is 13.0. The number of benzene rings is 2. The molecule has 1 aromatic heterocycles. The Morgan fingerprint density at radius 2 is 1.60 bits per heavy atom. The van der Waals surface area contributed by atoms with E-state index in [2.05, 4.69) is 44.8 Å². The normalized spacial score (nSPS) is 15.3. The minimum absolute atomic E-state index is 0.00791. The molecule has 0 spiro atoms. The molecule has 0 radical (unpaired) electrons. The maximum Gasteiger partial charge on any atom is 0.407 e. The fourth-order valence-electron chi connectivity index (χ4n) is 5.81. The van der Waals surface area contributed by atoms with Crippen LogP contribution in [0.15, 0.2) is 72.4 Å². The van der Waals surface area contributed by atoms with E-state index in [0.717, 1.165) is 35.5 Å². The van der Waals surface area contributed by atoms with Gasteiger partial charge in [0.05, 0.1) is 29.6 Å². The van der Waals surface area contributed by atoms with Crippen molar-refractivity contribution in [3.8, 4) is 0 Å². The Bertz CT molecular complexity index is 1370. The molecule has 10 nitrogen and oxygen atoms in total. The molecule has 3 amide bonds. The smallest absolute Gasteiger partial charge is 0.407 e. The van der Waals surface area contributed by atoms with Crippen molar-refractivity contribution in [2.45, 2.75) is 77.1 Å². The molecule has 0 bridgehead atoms. The van der Waals surface area contributed by atoms with Gasteiger partial charge in [-0.1, -0.05) is 60.7 Å². The zero-order valence-electron chi connectivity index (χ0n) is 28.5. The van der Waals surface area contributed by atoms with Crippen molar-refractivity contribution < 1.29 is 23.9 Å². The molecule has 11 heteroatoms. The first-order chi connectivity index (χ1) is 23.3. The van der Waals surface area contributed by atoms with Crippen molar-refractivity contribution in [1.82, 2.24) is 25.4 Å². The molecule has 3 aromatic rings. The molecule has 48 heavy (non-hydrogen) atoms. The Labute approximate surface area is 289 Å². The molecule has 3 atom stereocenters. The second kappa shape index (κ2) is 19.9. The number of amides is 3. The van der Waals surface area contributed by atoms with Crippen LogP contribution in [0.25, 0.3) is 0 Å². The molecule has 260 valence electrons. The van der Waals surface area contributed by atoms with Gasteiger partial charge in [0.15, 0.2) is 5.78 Å². The molecule has 1 aliphatic rings. The number of urea groups is 1. The lowest BCUT2D eigenvalue weighted by Crippen LogP contribution is -2.50. The van der Waals surface area contributed by atoms with Gasteiger partial charge < -0.3 is 25.0 Å². The highest BCUT2D eigenvalue weighted by atomic mass is 32.1.